The number of hydrogen-bond donors (Lipinski definition) is 3. The molecule has 0 amide bonds. The van der Waals surface area contributed by atoms with Crippen LogP contribution in [0, 0.1) is 16.1 Å². The Morgan fingerprint density at radius 3 is 2.28 bits per heavy atom. The molecule has 4 aromatic rings. The van der Waals surface area contributed by atoms with Gasteiger partial charge in [-0.25, -0.2) is 4.98 Å². The number of pyridine rings is 1. The van der Waals surface area contributed by atoms with Crippen molar-refractivity contribution in [2.45, 2.75) is 10.4 Å². The van der Waals surface area contributed by atoms with Gasteiger partial charge in [-0.1, -0.05) is 30.0 Å². The number of H-pyrrole nitrogens is 3. The van der Waals surface area contributed by atoms with Crippen LogP contribution in [0.1, 0.15) is 10.9 Å². The maximum absolute atomic E-state index is 9.03. The minimum Gasteiger partial charge on any atom is -0.340 e. The largest absolute Gasteiger partial charge is 0.340 e. The summed E-state index contributed by atoms with van der Waals surface area (Å²) in [5.41, 5.74) is 2.88. The lowest BCUT2D eigenvalue weighted by Crippen LogP contribution is -1.94. The van der Waals surface area contributed by atoms with Crippen LogP contribution in [0.3, 0.4) is 0 Å². The summed E-state index contributed by atoms with van der Waals surface area (Å²) in [6, 6.07) is 15.7. The Morgan fingerprint density at radius 1 is 1.00 bits per heavy atom. The van der Waals surface area contributed by atoms with Gasteiger partial charge in [-0.15, -0.1) is 0 Å². The highest BCUT2D eigenvalue weighted by molar-refractivity contribution is 7.99. The average molecular weight is 366 g/mol. The van der Waals surface area contributed by atoms with Crippen molar-refractivity contribution < 1.29 is 0 Å². The normalized spacial score (nSPS) is 11.3. The van der Waals surface area contributed by atoms with E-state index in [1.54, 1.807) is 18.6 Å². The fourth-order valence-electron chi connectivity index (χ4n) is 2.09. The first kappa shape index (κ1) is 17.0. The van der Waals surface area contributed by atoms with Gasteiger partial charge in [-0.05, 0) is 36.5 Å². The Balaban J connectivity index is 0.000000157. The number of nitriles is 1. The van der Waals surface area contributed by atoms with Crippen LogP contribution in [0.4, 0.5) is 0 Å². The van der Waals surface area contributed by atoms with Gasteiger partial charge in [0, 0.05) is 18.6 Å². The van der Waals surface area contributed by atoms with Crippen LogP contribution in [0.2, 0.25) is 0 Å². The number of para-hydroxylation sites is 2. The molecule has 0 saturated carbocycles. The highest BCUT2D eigenvalue weighted by Gasteiger charge is 2.14. The summed E-state index contributed by atoms with van der Waals surface area (Å²) < 4.78 is 0.682. The third kappa shape index (κ3) is 4.56. The second kappa shape index (κ2) is 8.28. The predicted octanol–water partition coefficient (Wildman–Crippen LogP) is 4.39. The van der Waals surface area contributed by atoms with E-state index in [-0.39, 0.29) is 5.25 Å². The molecule has 1 aromatic carbocycles. The van der Waals surface area contributed by atoms with Crippen LogP contribution < -0.4 is 0 Å². The molecular weight excluding hydrogens is 352 g/mol. The minimum absolute atomic E-state index is 0.322. The van der Waals surface area contributed by atoms with E-state index in [4.69, 9.17) is 17.5 Å². The van der Waals surface area contributed by atoms with Crippen LogP contribution in [-0.4, -0.2) is 24.9 Å². The quantitative estimate of drug-likeness (QED) is 0.369. The number of thioether (sulfide) groups is 1. The van der Waals surface area contributed by atoms with Gasteiger partial charge in [-0.3, -0.25) is 4.98 Å². The van der Waals surface area contributed by atoms with E-state index in [0.717, 1.165) is 21.9 Å². The molecule has 0 saturated heterocycles. The van der Waals surface area contributed by atoms with Crippen molar-refractivity contribution in [3.8, 4) is 6.07 Å². The van der Waals surface area contributed by atoms with E-state index in [2.05, 4.69) is 31.0 Å². The summed E-state index contributed by atoms with van der Waals surface area (Å²) in [6.45, 7) is 0. The Bertz CT molecular complexity index is 978. The van der Waals surface area contributed by atoms with E-state index in [0.29, 0.717) is 4.77 Å². The molecule has 0 bridgehead atoms. The first-order valence-corrected chi connectivity index (χ1v) is 8.68. The van der Waals surface area contributed by atoms with E-state index in [1.165, 1.54) is 11.8 Å². The third-order valence-corrected chi connectivity index (χ3v) is 4.43. The van der Waals surface area contributed by atoms with Crippen molar-refractivity contribution in [1.29, 1.82) is 5.26 Å². The van der Waals surface area contributed by atoms with Crippen molar-refractivity contribution in [1.82, 2.24) is 24.9 Å². The maximum atomic E-state index is 9.03. The number of fused-ring (bicyclic) bond motifs is 1. The van der Waals surface area contributed by atoms with Gasteiger partial charge in [0.15, 0.2) is 9.93 Å². The molecule has 124 valence electrons. The first-order chi connectivity index (χ1) is 12.3. The van der Waals surface area contributed by atoms with Gasteiger partial charge >= 0.3 is 0 Å². The standard InChI is InChI=1S/C10H8N4S.C7H6N2S/c11-7-9(8-3-1-2-4-12-8)15-10-13-5-6-14-10;10-7-8-5-3-1-2-4-6(5)9-7/h1-6,9H,(H,13,14);1-4H,(H2,8,9,10). The van der Waals surface area contributed by atoms with E-state index in [1.807, 2.05) is 42.5 Å². The van der Waals surface area contributed by atoms with Crippen LogP contribution in [-0.2, 0) is 0 Å². The van der Waals surface area contributed by atoms with Crippen LogP contribution in [0.5, 0.6) is 0 Å². The highest BCUT2D eigenvalue weighted by Crippen LogP contribution is 2.30. The smallest absolute Gasteiger partial charge is 0.175 e. The number of nitrogens with zero attached hydrogens (tertiary/aromatic N) is 3. The Morgan fingerprint density at radius 2 is 1.72 bits per heavy atom. The molecule has 0 radical (unpaired) electrons. The van der Waals surface area contributed by atoms with E-state index < -0.39 is 0 Å². The number of aromatic amines is 3. The number of imidazole rings is 2. The lowest BCUT2D eigenvalue weighted by molar-refractivity contribution is 1.03. The lowest BCUT2D eigenvalue weighted by Gasteiger charge is -2.04. The number of nitrogens with one attached hydrogen (secondary N) is 3. The maximum Gasteiger partial charge on any atom is 0.175 e. The summed E-state index contributed by atoms with van der Waals surface area (Å²) >= 11 is 6.26. The molecule has 1 atom stereocenters. The molecule has 3 aromatic heterocycles. The first-order valence-electron chi connectivity index (χ1n) is 7.40. The Labute approximate surface area is 153 Å². The van der Waals surface area contributed by atoms with Gasteiger partial charge in [0.1, 0.15) is 5.25 Å². The summed E-state index contributed by atoms with van der Waals surface area (Å²) in [5, 5.41) is 9.43. The van der Waals surface area contributed by atoms with Crippen molar-refractivity contribution in [3.63, 3.8) is 0 Å². The van der Waals surface area contributed by atoms with Crippen LogP contribution >= 0.6 is 24.0 Å². The van der Waals surface area contributed by atoms with Crippen molar-refractivity contribution in [2.75, 3.05) is 0 Å². The van der Waals surface area contributed by atoms with Crippen LogP contribution in [0.15, 0.2) is 66.2 Å². The number of rotatable bonds is 3. The molecule has 1 unspecified atom stereocenters. The number of benzene rings is 1. The molecule has 0 fully saturated rings. The molecule has 0 aliphatic heterocycles. The summed E-state index contributed by atoms with van der Waals surface area (Å²) in [6.07, 6.45) is 5.08. The number of aromatic nitrogens is 5. The Kier molecular flexibility index (Phi) is 5.61. The lowest BCUT2D eigenvalue weighted by atomic mass is 10.3. The summed E-state index contributed by atoms with van der Waals surface area (Å²) in [4.78, 5) is 17.2. The zero-order valence-corrected chi connectivity index (χ0v) is 14.6. The molecule has 6 nitrogen and oxygen atoms in total. The molecule has 0 aliphatic carbocycles. The monoisotopic (exact) mass is 366 g/mol. The van der Waals surface area contributed by atoms with Gasteiger partial charge in [0.05, 0.1) is 22.8 Å². The van der Waals surface area contributed by atoms with Gasteiger partial charge < -0.3 is 15.0 Å². The van der Waals surface area contributed by atoms with Crippen molar-refractivity contribution in [3.05, 3.63) is 71.5 Å². The minimum atomic E-state index is -0.322. The van der Waals surface area contributed by atoms with Crippen molar-refractivity contribution in [2.24, 2.45) is 0 Å². The molecular formula is C17H14N6S2. The predicted molar refractivity (Wildman–Crippen MR) is 101 cm³/mol. The van der Waals surface area contributed by atoms with E-state index >= 15 is 0 Å². The number of hydrogen-bond acceptors (Lipinski definition) is 5. The molecule has 0 spiro atoms. The van der Waals surface area contributed by atoms with Crippen LogP contribution in [0.25, 0.3) is 11.0 Å². The zero-order valence-electron chi connectivity index (χ0n) is 13.0. The fourth-order valence-corrected chi connectivity index (χ4v) is 3.10. The molecule has 3 heterocycles. The second-order valence-corrected chi connectivity index (χ2v) is 6.40. The zero-order chi connectivity index (χ0) is 17.5. The summed E-state index contributed by atoms with van der Waals surface area (Å²) in [5.74, 6) is 0. The van der Waals surface area contributed by atoms with Gasteiger partial charge in [0.25, 0.3) is 0 Å². The average Bonchev–Trinajstić information content (AvgIpc) is 3.29. The highest BCUT2D eigenvalue weighted by atomic mass is 32.2. The topological polar surface area (TPSA) is 96.9 Å². The van der Waals surface area contributed by atoms with Gasteiger partial charge in [-0.2, -0.15) is 5.26 Å². The molecule has 8 heteroatoms. The van der Waals surface area contributed by atoms with E-state index in [9.17, 15) is 0 Å². The van der Waals surface area contributed by atoms with Crippen molar-refractivity contribution >= 4 is 35.0 Å². The molecule has 25 heavy (non-hydrogen) atoms. The second-order valence-electron chi connectivity index (χ2n) is 4.90. The fraction of sp³-hybridized carbons (Fsp3) is 0.0588. The van der Waals surface area contributed by atoms with Gasteiger partial charge in [0.2, 0.25) is 0 Å². The molecule has 3 N–H and O–H groups in total. The summed E-state index contributed by atoms with van der Waals surface area (Å²) in [7, 11) is 0. The molecule has 4 rings (SSSR count). The Hall–Kier alpha value is -2.89. The molecule has 0 aliphatic rings. The third-order valence-electron chi connectivity index (χ3n) is 3.20. The SMILES string of the molecule is N#CC(Sc1ncc[nH]1)c1ccccn1.S=c1[nH]c2ccccc2[nH]1.